The Morgan fingerprint density at radius 3 is 2.89 bits per heavy atom. The van der Waals surface area contributed by atoms with Crippen molar-refractivity contribution >= 4 is 17.2 Å². The van der Waals surface area contributed by atoms with Gasteiger partial charge in [0, 0.05) is 12.6 Å². The van der Waals surface area contributed by atoms with Crippen LogP contribution in [0.4, 0.5) is 0 Å². The molecule has 1 aromatic rings. The van der Waals surface area contributed by atoms with Crippen molar-refractivity contribution in [1.29, 1.82) is 0 Å². The molecular formula is C14H22N2OS. The monoisotopic (exact) mass is 266 g/mol. The van der Waals surface area contributed by atoms with Gasteiger partial charge in [-0.25, -0.2) is 0 Å². The van der Waals surface area contributed by atoms with Gasteiger partial charge in [0.05, 0.1) is 4.88 Å². The highest BCUT2D eigenvalue weighted by molar-refractivity contribution is 7.12. The van der Waals surface area contributed by atoms with Crippen molar-refractivity contribution in [3.63, 3.8) is 0 Å². The van der Waals surface area contributed by atoms with Crippen LogP contribution in [0.1, 0.15) is 36.4 Å². The molecule has 100 valence electrons. The Kier molecular flexibility index (Phi) is 4.78. The number of hydrogen-bond acceptors (Lipinski definition) is 3. The van der Waals surface area contributed by atoms with Gasteiger partial charge < -0.3 is 5.32 Å². The van der Waals surface area contributed by atoms with Gasteiger partial charge in [-0.05, 0) is 50.2 Å². The number of carbonyl (C=O) groups is 1. The number of likely N-dealkylation sites (tertiary alicyclic amines) is 1. The molecule has 0 bridgehead atoms. The fourth-order valence-corrected chi connectivity index (χ4v) is 2.97. The van der Waals surface area contributed by atoms with Crippen LogP contribution in [-0.4, -0.2) is 36.5 Å². The molecule has 0 aliphatic carbocycles. The molecule has 2 heterocycles. The van der Waals surface area contributed by atoms with Crippen molar-refractivity contribution in [2.24, 2.45) is 5.92 Å². The van der Waals surface area contributed by atoms with Crippen LogP contribution in [0.3, 0.4) is 0 Å². The zero-order valence-electron chi connectivity index (χ0n) is 11.2. The normalized spacial score (nSPS) is 19.7. The van der Waals surface area contributed by atoms with Gasteiger partial charge in [0.25, 0.3) is 5.91 Å². The summed E-state index contributed by atoms with van der Waals surface area (Å²) in [6.07, 6.45) is 2.56. The van der Waals surface area contributed by atoms with E-state index in [1.165, 1.54) is 24.2 Å². The molecule has 1 amide bonds. The second-order valence-corrected chi connectivity index (χ2v) is 6.20. The van der Waals surface area contributed by atoms with Crippen LogP contribution in [0.15, 0.2) is 17.5 Å². The molecule has 0 aromatic carbocycles. The Bertz CT molecular complexity index is 369. The van der Waals surface area contributed by atoms with Crippen molar-refractivity contribution < 1.29 is 4.79 Å². The molecule has 18 heavy (non-hydrogen) atoms. The first-order valence-electron chi connectivity index (χ1n) is 6.72. The lowest BCUT2D eigenvalue weighted by Gasteiger charge is -2.34. The van der Waals surface area contributed by atoms with Gasteiger partial charge in [-0.1, -0.05) is 13.0 Å². The molecule has 3 nitrogen and oxygen atoms in total. The number of rotatable bonds is 4. The van der Waals surface area contributed by atoms with E-state index in [1.807, 2.05) is 17.5 Å². The molecule has 1 atom stereocenters. The molecule has 4 heteroatoms. The quantitative estimate of drug-likeness (QED) is 0.908. The van der Waals surface area contributed by atoms with E-state index in [-0.39, 0.29) is 5.91 Å². The molecule has 1 saturated heterocycles. The van der Waals surface area contributed by atoms with Crippen molar-refractivity contribution in [1.82, 2.24) is 10.2 Å². The first kappa shape index (κ1) is 13.6. The fourth-order valence-electron chi connectivity index (χ4n) is 2.33. The van der Waals surface area contributed by atoms with Crippen LogP contribution in [-0.2, 0) is 0 Å². The molecule has 0 radical (unpaired) electrons. The summed E-state index contributed by atoms with van der Waals surface area (Å²) < 4.78 is 0. The molecule has 1 aromatic heterocycles. The Balaban J connectivity index is 1.74. The number of thiophene rings is 1. The molecule has 0 saturated carbocycles. The summed E-state index contributed by atoms with van der Waals surface area (Å²) in [7, 11) is 0. The smallest absolute Gasteiger partial charge is 0.261 e. The molecule has 1 aliphatic heterocycles. The highest BCUT2D eigenvalue weighted by Gasteiger charge is 2.20. The van der Waals surface area contributed by atoms with Crippen LogP contribution >= 0.6 is 11.3 Å². The van der Waals surface area contributed by atoms with Crippen LogP contribution in [0.25, 0.3) is 0 Å². The van der Waals surface area contributed by atoms with Crippen molar-refractivity contribution in [2.45, 2.75) is 32.7 Å². The number of carbonyl (C=O) groups excluding carboxylic acids is 1. The summed E-state index contributed by atoms with van der Waals surface area (Å²) in [6, 6.07) is 4.21. The van der Waals surface area contributed by atoms with E-state index in [9.17, 15) is 4.79 Å². The van der Waals surface area contributed by atoms with Gasteiger partial charge in [-0.2, -0.15) is 0 Å². The van der Waals surface area contributed by atoms with Gasteiger partial charge in [0.1, 0.15) is 0 Å². The maximum atomic E-state index is 11.8. The van der Waals surface area contributed by atoms with E-state index in [4.69, 9.17) is 0 Å². The van der Waals surface area contributed by atoms with Gasteiger partial charge in [-0.15, -0.1) is 11.3 Å². The fraction of sp³-hybridized carbons (Fsp3) is 0.643. The van der Waals surface area contributed by atoms with E-state index in [0.29, 0.717) is 6.04 Å². The number of nitrogens with zero attached hydrogens (tertiary/aromatic N) is 1. The zero-order chi connectivity index (χ0) is 13.0. The summed E-state index contributed by atoms with van der Waals surface area (Å²) in [5.74, 6) is 0.913. The lowest BCUT2D eigenvalue weighted by atomic mass is 9.98. The predicted octanol–water partition coefficient (Wildman–Crippen LogP) is 2.60. The number of piperidine rings is 1. The van der Waals surface area contributed by atoms with E-state index in [0.717, 1.165) is 30.4 Å². The van der Waals surface area contributed by atoms with Gasteiger partial charge in [0.2, 0.25) is 0 Å². The molecule has 0 spiro atoms. The van der Waals surface area contributed by atoms with E-state index >= 15 is 0 Å². The Labute approximate surface area is 113 Å². The first-order chi connectivity index (χ1) is 8.66. The molecule has 2 rings (SSSR count). The maximum Gasteiger partial charge on any atom is 0.261 e. The average molecular weight is 266 g/mol. The van der Waals surface area contributed by atoms with Crippen LogP contribution in [0.2, 0.25) is 0 Å². The minimum Gasteiger partial charge on any atom is -0.350 e. The van der Waals surface area contributed by atoms with Crippen LogP contribution in [0.5, 0.6) is 0 Å². The van der Waals surface area contributed by atoms with E-state index in [2.05, 4.69) is 24.1 Å². The van der Waals surface area contributed by atoms with Crippen LogP contribution in [0, 0.1) is 5.92 Å². The predicted molar refractivity (Wildman–Crippen MR) is 76.1 cm³/mol. The van der Waals surface area contributed by atoms with Gasteiger partial charge in [0.15, 0.2) is 0 Å². The lowest BCUT2D eigenvalue weighted by Crippen LogP contribution is -2.45. The average Bonchev–Trinajstić information content (AvgIpc) is 2.90. The van der Waals surface area contributed by atoms with Crippen molar-refractivity contribution in [3.05, 3.63) is 22.4 Å². The summed E-state index contributed by atoms with van der Waals surface area (Å²) in [4.78, 5) is 15.1. The maximum absolute atomic E-state index is 11.8. The number of nitrogens with one attached hydrogen (secondary N) is 1. The molecule has 1 aliphatic rings. The minimum atomic E-state index is 0.0576. The Hall–Kier alpha value is -0.870. The summed E-state index contributed by atoms with van der Waals surface area (Å²) in [6.45, 7) is 7.59. The standard InChI is InChI=1S/C14H22N2OS/c1-11-5-7-16(8-6-11)12(2)10-15-14(17)13-4-3-9-18-13/h3-4,9,11-12H,5-8,10H2,1-2H3,(H,15,17). The van der Waals surface area contributed by atoms with E-state index < -0.39 is 0 Å². The van der Waals surface area contributed by atoms with Gasteiger partial charge >= 0.3 is 0 Å². The Morgan fingerprint density at radius 2 is 2.28 bits per heavy atom. The Morgan fingerprint density at radius 1 is 1.56 bits per heavy atom. The SMILES string of the molecule is CC1CCN(C(C)CNC(=O)c2cccs2)CC1. The molecule has 1 fully saturated rings. The number of hydrogen-bond donors (Lipinski definition) is 1. The molecule has 1 unspecified atom stereocenters. The third-order valence-electron chi connectivity index (χ3n) is 3.74. The minimum absolute atomic E-state index is 0.0576. The molecular weight excluding hydrogens is 244 g/mol. The topological polar surface area (TPSA) is 32.3 Å². The summed E-state index contributed by atoms with van der Waals surface area (Å²) >= 11 is 1.49. The first-order valence-corrected chi connectivity index (χ1v) is 7.60. The second kappa shape index (κ2) is 6.34. The number of amides is 1. The largest absolute Gasteiger partial charge is 0.350 e. The highest BCUT2D eigenvalue weighted by atomic mass is 32.1. The third kappa shape index (κ3) is 3.56. The van der Waals surface area contributed by atoms with E-state index in [1.54, 1.807) is 0 Å². The van der Waals surface area contributed by atoms with Crippen molar-refractivity contribution in [3.8, 4) is 0 Å². The second-order valence-electron chi connectivity index (χ2n) is 5.25. The summed E-state index contributed by atoms with van der Waals surface area (Å²) in [5, 5.41) is 4.96. The lowest BCUT2D eigenvalue weighted by molar-refractivity contribution is 0.0925. The third-order valence-corrected chi connectivity index (χ3v) is 4.61. The molecule has 1 N–H and O–H groups in total. The van der Waals surface area contributed by atoms with Crippen LogP contribution < -0.4 is 5.32 Å². The van der Waals surface area contributed by atoms with Gasteiger partial charge in [-0.3, -0.25) is 9.69 Å². The van der Waals surface area contributed by atoms with Crippen molar-refractivity contribution in [2.75, 3.05) is 19.6 Å². The zero-order valence-corrected chi connectivity index (χ0v) is 12.0. The summed E-state index contributed by atoms with van der Waals surface area (Å²) in [5.41, 5.74) is 0. The highest BCUT2D eigenvalue weighted by Crippen LogP contribution is 2.17.